The van der Waals surface area contributed by atoms with Crippen LogP contribution in [0.4, 0.5) is 4.39 Å². The molecule has 0 aliphatic carbocycles. The molecule has 0 unspecified atom stereocenters. The summed E-state index contributed by atoms with van der Waals surface area (Å²) in [6.45, 7) is 0.334. The van der Waals surface area contributed by atoms with Gasteiger partial charge in [-0.15, -0.1) is 0 Å². The fourth-order valence-electron chi connectivity index (χ4n) is 1.29. The second kappa shape index (κ2) is 5.49. The highest BCUT2D eigenvalue weighted by Gasteiger charge is 2.06. The van der Waals surface area contributed by atoms with Gasteiger partial charge in [-0.25, -0.2) is 9.37 Å². The number of nitrogens with zero attached hydrogens (tertiary/aromatic N) is 1. The Kier molecular flexibility index (Phi) is 3.99. The van der Waals surface area contributed by atoms with Crippen molar-refractivity contribution in [2.24, 2.45) is 5.73 Å². The molecule has 2 aromatic rings. The first-order valence-corrected chi connectivity index (χ1v) is 6.16. The lowest BCUT2D eigenvalue weighted by molar-refractivity contribution is 0.599. The van der Waals surface area contributed by atoms with Crippen molar-refractivity contribution >= 4 is 23.4 Å². The maximum absolute atomic E-state index is 13.7. The molecule has 2 rings (SSSR count). The van der Waals surface area contributed by atoms with Gasteiger partial charge in [0.25, 0.3) is 0 Å². The SMILES string of the molecule is NCc1ccc(Sc2ccc(Cl)cn2)c(F)c1. The van der Waals surface area contributed by atoms with E-state index in [1.807, 2.05) is 0 Å². The first-order chi connectivity index (χ1) is 8.19. The van der Waals surface area contributed by atoms with Crippen molar-refractivity contribution in [1.82, 2.24) is 4.98 Å². The topological polar surface area (TPSA) is 38.9 Å². The van der Waals surface area contributed by atoms with Crippen molar-refractivity contribution in [3.63, 3.8) is 0 Å². The summed E-state index contributed by atoms with van der Waals surface area (Å²) in [4.78, 5) is 4.62. The van der Waals surface area contributed by atoms with Crippen LogP contribution in [0.1, 0.15) is 5.56 Å². The fraction of sp³-hybridized carbons (Fsp3) is 0.0833. The Morgan fingerprint density at radius 2 is 2.12 bits per heavy atom. The van der Waals surface area contributed by atoms with E-state index in [9.17, 15) is 4.39 Å². The molecule has 1 aromatic carbocycles. The van der Waals surface area contributed by atoms with Gasteiger partial charge in [-0.2, -0.15) is 0 Å². The summed E-state index contributed by atoms with van der Waals surface area (Å²) in [7, 11) is 0. The van der Waals surface area contributed by atoms with E-state index in [1.54, 1.807) is 24.3 Å². The third kappa shape index (κ3) is 3.19. The number of aromatic nitrogens is 1. The van der Waals surface area contributed by atoms with Gasteiger partial charge < -0.3 is 5.73 Å². The van der Waals surface area contributed by atoms with Crippen molar-refractivity contribution in [3.8, 4) is 0 Å². The Hall–Kier alpha value is -1.10. The lowest BCUT2D eigenvalue weighted by Gasteiger charge is -2.04. The normalized spacial score (nSPS) is 10.5. The van der Waals surface area contributed by atoms with Crippen LogP contribution in [-0.4, -0.2) is 4.98 Å². The number of nitrogens with two attached hydrogens (primary N) is 1. The van der Waals surface area contributed by atoms with Gasteiger partial charge in [-0.05, 0) is 29.8 Å². The second-order valence-electron chi connectivity index (χ2n) is 3.39. The van der Waals surface area contributed by atoms with Crippen molar-refractivity contribution in [2.45, 2.75) is 16.5 Å². The second-order valence-corrected chi connectivity index (χ2v) is 4.88. The van der Waals surface area contributed by atoms with Gasteiger partial charge in [0.05, 0.1) is 5.02 Å². The third-order valence-electron chi connectivity index (χ3n) is 2.15. The van der Waals surface area contributed by atoms with E-state index in [2.05, 4.69) is 4.98 Å². The molecular formula is C12H10ClFN2S. The van der Waals surface area contributed by atoms with Crippen molar-refractivity contribution in [3.05, 3.63) is 52.9 Å². The van der Waals surface area contributed by atoms with Crippen LogP contribution in [0, 0.1) is 5.82 Å². The van der Waals surface area contributed by atoms with Gasteiger partial charge in [0.15, 0.2) is 0 Å². The van der Waals surface area contributed by atoms with E-state index in [-0.39, 0.29) is 5.82 Å². The van der Waals surface area contributed by atoms with Crippen LogP contribution in [0.3, 0.4) is 0 Å². The average Bonchev–Trinajstić information content (AvgIpc) is 2.34. The highest BCUT2D eigenvalue weighted by atomic mass is 35.5. The van der Waals surface area contributed by atoms with Crippen LogP contribution in [0.25, 0.3) is 0 Å². The molecule has 0 saturated heterocycles. The van der Waals surface area contributed by atoms with Gasteiger partial charge in [0, 0.05) is 17.6 Å². The van der Waals surface area contributed by atoms with Crippen molar-refractivity contribution in [2.75, 3.05) is 0 Å². The minimum Gasteiger partial charge on any atom is -0.326 e. The van der Waals surface area contributed by atoms with Gasteiger partial charge >= 0.3 is 0 Å². The monoisotopic (exact) mass is 268 g/mol. The van der Waals surface area contributed by atoms with Gasteiger partial charge in [0.1, 0.15) is 10.8 Å². The molecule has 2 nitrogen and oxygen atoms in total. The lowest BCUT2D eigenvalue weighted by Crippen LogP contribution is -1.97. The molecule has 0 atom stereocenters. The molecule has 0 spiro atoms. The summed E-state index contributed by atoms with van der Waals surface area (Å²) in [5, 5.41) is 1.27. The number of hydrogen-bond donors (Lipinski definition) is 1. The lowest BCUT2D eigenvalue weighted by atomic mass is 10.2. The molecule has 17 heavy (non-hydrogen) atoms. The number of halogens is 2. The van der Waals surface area contributed by atoms with E-state index in [0.29, 0.717) is 21.5 Å². The van der Waals surface area contributed by atoms with Gasteiger partial charge in [-0.3, -0.25) is 0 Å². The van der Waals surface area contributed by atoms with Gasteiger partial charge in [0.2, 0.25) is 0 Å². The third-order valence-corrected chi connectivity index (χ3v) is 3.37. The molecule has 0 bridgehead atoms. The molecule has 0 aliphatic heterocycles. The molecule has 0 radical (unpaired) electrons. The minimum atomic E-state index is -0.283. The first-order valence-electron chi connectivity index (χ1n) is 4.97. The standard InChI is InChI=1S/C12H10ClFN2S/c13-9-2-4-12(16-7-9)17-11-3-1-8(6-15)5-10(11)14/h1-5,7H,6,15H2. The van der Waals surface area contributed by atoms with E-state index in [4.69, 9.17) is 17.3 Å². The maximum atomic E-state index is 13.7. The molecule has 5 heteroatoms. The smallest absolute Gasteiger partial charge is 0.137 e. The summed E-state index contributed by atoms with van der Waals surface area (Å²) in [6.07, 6.45) is 1.54. The van der Waals surface area contributed by atoms with Crippen LogP contribution in [0.5, 0.6) is 0 Å². The molecule has 1 heterocycles. The zero-order chi connectivity index (χ0) is 12.3. The van der Waals surface area contributed by atoms with Crippen LogP contribution in [-0.2, 0) is 6.54 Å². The van der Waals surface area contributed by atoms with E-state index in [0.717, 1.165) is 5.56 Å². The van der Waals surface area contributed by atoms with E-state index < -0.39 is 0 Å². The van der Waals surface area contributed by atoms with E-state index in [1.165, 1.54) is 24.0 Å². The molecule has 0 fully saturated rings. The summed E-state index contributed by atoms with van der Waals surface area (Å²) in [5.74, 6) is -0.283. The predicted molar refractivity (Wildman–Crippen MR) is 67.7 cm³/mol. The highest BCUT2D eigenvalue weighted by Crippen LogP contribution is 2.29. The quantitative estimate of drug-likeness (QED) is 0.926. The summed E-state index contributed by atoms with van der Waals surface area (Å²) >= 11 is 6.98. The van der Waals surface area contributed by atoms with Crippen LogP contribution < -0.4 is 5.73 Å². The molecule has 88 valence electrons. The molecular weight excluding hydrogens is 259 g/mol. The zero-order valence-corrected chi connectivity index (χ0v) is 10.4. The largest absolute Gasteiger partial charge is 0.326 e. The predicted octanol–water partition coefficient (Wildman–Crippen LogP) is 3.48. The Balaban J connectivity index is 2.21. The zero-order valence-electron chi connectivity index (χ0n) is 8.86. The van der Waals surface area contributed by atoms with Crippen LogP contribution in [0.15, 0.2) is 46.5 Å². The first kappa shape index (κ1) is 12.4. The summed E-state index contributed by atoms with van der Waals surface area (Å²) < 4.78 is 13.7. The minimum absolute atomic E-state index is 0.283. The average molecular weight is 269 g/mol. The molecule has 0 saturated carbocycles. The summed E-state index contributed by atoms with van der Waals surface area (Å²) in [5.41, 5.74) is 6.21. The Bertz CT molecular complexity index is 516. The Morgan fingerprint density at radius 3 is 2.71 bits per heavy atom. The van der Waals surface area contributed by atoms with Crippen LogP contribution >= 0.6 is 23.4 Å². The number of benzene rings is 1. The molecule has 0 amide bonds. The Labute approximate surface area is 108 Å². The maximum Gasteiger partial charge on any atom is 0.137 e. The fourth-order valence-corrected chi connectivity index (χ4v) is 2.16. The van der Waals surface area contributed by atoms with E-state index >= 15 is 0 Å². The van der Waals surface area contributed by atoms with Crippen molar-refractivity contribution < 1.29 is 4.39 Å². The number of hydrogen-bond acceptors (Lipinski definition) is 3. The Morgan fingerprint density at radius 1 is 1.29 bits per heavy atom. The van der Waals surface area contributed by atoms with Crippen molar-refractivity contribution in [1.29, 1.82) is 0 Å². The molecule has 2 N–H and O–H groups in total. The van der Waals surface area contributed by atoms with Crippen LogP contribution in [0.2, 0.25) is 5.02 Å². The summed E-state index contributed by atoms with van der Waals surface area (Å²) in [6, 6.07) is 8.43. The number of rotatable bonds is 3. The van der Waals surface area contributed by atoms with Gasteiger partial charge in [-0.1, -0.05) is 29.4 Å². The molecule has 1 aromatic heterocycles. The number of pyridine rings is 1. The molecule has 0 aliphatic rings. The highest BCUT2D eigenvalue weighted by molar-refractivity contribution is 7.99.